The maximum atomic E-state index is 6.21. The molecule has 1 rings (SSSR count). The van der Waals surface area contributed by atoms with Gasteiger partial charge in [0.2, 0.25) is 0 Å². The second-order valence-electron chi connectivity index (χ2n) is 4.51. The standard InChI is InChI=1S/C14H23NOS/c1-4-16-14-8-6-5-7-12(14)13(15)10-17-9-11(2)3/h5-8,11,13H,4,9-10,15H2,1-3H3. The largest absolute Gasteiger partial charge is 0.494 e. The zero-order chi connectivity index (χ0) is 12.7. The smallest absolute Gasteiger partial charge is 0.124 e. The monoisotopic (exact) mass is 253 g/mol. The van der Waals surface area contributed by atoms with E-state index in [1.165, 1.54) is 0 Å². The number of hydrogen-bond acceptors (Lipinski definition) is 3. The van der Waals surface area contributed by atoms with Gasteiger partial charge in [-0.05, 0) is 24.7 Å². The van der Waals surface area contributed by atoms with Crippen LogP contribution in [0, 0.1) is 5.92 Å². The van der Waals surface area contributed by atoms with Crippen molar-refractivity contribution in [1.29, 1.82) is 0 Å². The Morgan fingerprint density at radius 1 is 1.24 bits per heavy atom. The lowest BCUT2D eigenvalue weighted by Gasteiger charge is -2.16. The van der Waals surface area contributed by atoms with E-state index in [1.54, 1.807) is 0 Å². The van der Waals surface area contributed by atoms with E-state index in [0.717, 1.165) is 22.8 Å². The number of nitrogens with two attached hydrogens (primary N) is 1. The molecule has 1 unspecified atom stereocenters. The quantitative estimate of drug-likeness (QED) is 0.808. The molecule has 1 aromatic rings. The third-order valence-electron chi connectivity index (χ3n) is 2.37. The van der Waals surface area contributed by atoms with Crippen LogP contribution in [0.5, 0.6) is 5.75 Å². The molecule has 0 amide bonds. The van der Waals surface area contributed by atoms with Crippen LogP contribution in [0.3, 0.4) is 0 Å². The summed E-state index contributed by atoms with van der Waals surface area (Å²) in [5, 5.41) is 0. The van der Waals surface area contributed by atoms with Crippen LogP contribution in [0.15, 0.2) is 24.3 Å². The second kappa shape index (κ2) is 7.62. The summed E-state index contributed by atoms with van der Waals surface area (Å²) < 4.78 is 5.60. The van der Waals surface area contributed by atoms with E-state index in [2.05, 4.69) is 19.9 Å². The molecule has 2 N–H and O–H groups in total. The zero-order valence-electron chi connectivity index (χ0n) is 11.0. The SMILES string of the molecule is CCOc1ccccc1C(N)CSCC(C)C. The minimum atomic E-state index is 0.0569. The van der Waals surface area contributed by atoms with Crippen molar-refractivity contribution in [2.75, 3.05) is 18.1 Å². The van der Waals surface area contributed by atoms with Gasteiger partial charge in [0, 0.05) is 17.4 Å². The van der Waals surface area contributed by atoms with Crippen molar-refractivity contribution < 1.29 is 4.74 Å². The molecule has 0 heterocycles. The second-order valence-corrected chi connectivity index (χ2v) is 5.58. The summed E-state index contributed by atoms with van der Waals surface area (Å²) in [4.78, 5) is 0. The van der Waals surface area contributed by atoms with Gasteiger partial charge in [0.25, 0.3) is 0 Å². The molecule has 3 heteroatoms. The third-order valence-corrected chi connectivity index (χ3v) is 3.86. The summed E-state index contributed by atoms with van der Waals surface area (Å²) in [6, 6.07) is 8.12. The fourth-order valence-corrected chi connectivity index (χ4v) is 2.64. The van der Waals surface area contributed by atoms with Gasteiger partial charge in [-0.2, -0.15) is 11.8 Å². The maximum Gasteiger partial charge on any atom is 0.124 e. The van der Waals surface area contributed by atoms with Gasteiger partial charge in [-0.15, -0.1) is 0 Å². The van der Waals surface area contributed by atoms with Gasteiger partial charge in [0.1, 0.15) is 5.75 Å². The van der Waals surface area contributed by atoms with E-state index < -0.39 is 0 Å². The van der Waals surface area contributed by atoms with E-state index >= 15 is 0 Å². The molecule has 0 aliphatic heterocycles. The number of para-hydroxylation sites is 1. The van der Waals surface area contributed by atoms with E-state index in [9.17, 15) is 0 Å². The first kappa shape index (κ1) is 14.4. The molecule has 0 saturated heterocycles. The highest BCUT2D eigenvalue weighted by Gasteiger charge is 2.11. The maximum absolute atomic E-state index is 6.21. The number of benzene rings is 1. The van der Waals surface area contributed by atoms with Crippen molar-refractivity contribution in [2.24, 2.45) is 11.7 Å². The summed E-state index contributed by atoms with van der Waals surface area (Å²) >= 11 is 1.91. The Labute approximate surface area is 109 Å². The number of rotatable bonds is 7. The van der Waals surface area contributed by atoms with Gasteiger partial charge in [-0.25, -0.2) is 0 Å². The highest BCUT2D eigenvalue weighted by Crippen LogP contribution is 2.26. The normalized spacial score (nSPS) is 12.8. The van der Waals surface area contributed by atoms with Crippen molar-refractivity contribution in [3.63, 3.8) is 0 Å². The van der Waals surface area contributed by atoms with Crippen molar-refractivity contribution in [3.8, 4) is 5.75 Å². The summed E-state index contributed by atoms with van der Waals surface area (Å²) in [6.07, 6.45) is 0. The van der Waals surface area contributed by atoms with Crippen LogP contribution in [0.2, 0.25) is 0 Å². The van der Waals surface area contributed by atoms with Crippen LogP contribution in [0.1, 0.15) is 32.4 Å². The summed E-state index contributed by atoms with van der Waals surface area (Å²) in [6.45, 7) is 7.14. The summed E-state index contributed by atoms with van der Waals surface area (Å²) in [5.74, 6) is 3.74. The zero-order valence-corrected chi connectivity index (χ0v) is 11.8. The predicted molar refractivity (Wildman–Crippen MR) is 76.7 cm³/mol. The first-order valence-corrected chi connectivity index (χ1v) is 7.35. The van der Waals surface area contributed by atoms with Crippen molar-refractivity contribution >= 4 is 11.8 Å². The molecule has 96 valence electrons. The third kappa shape index (κ3) is 5.00. The lowest BCUT2D eigenvalue weighted by atomic mass is 10.1. The average molecular weight is 253 g/mol. The van der Waals surface area contributed by atoms with Crippen molar-refractivity contribution in [3.05, 3.63) is 29.8 Å². The molecule has 0 radical (unpaired) electrons. The lowest BCUT2D eigenvalue weighted by Crippen LogP contribution is -2.15. The van der Waals surface area contributed by atoms with Gasteiger partial charge < -0.3 is 10.5 Å². The van der Waals surface area contributed by atoms with Crippen LogP contribution in [0.4, 0.5) is 0 Å². The van der Waals surface area contributed by atoms with Gasteiger partial charge in [0.05, 0.1) is 6.61 Å². The predicted octanol–water partition coefficient (Wildman–Crippen LogP) is 3.47. The van der Waals surface area contributed by atoms with Crippen LogP contribution in [0.25, 0.3) is 0 Å². The Kier molecular flexibility index (Phi) is 6.45. The molecule has 0 bridgehead atoms. The Bertz CT molecular complexity index is 328. The Morgan fingerprint density at radius 3 is 2.59 bits per heavy atom. The number of hydrogen-bond donors (Lipinski definition) is 1. The molecule has 1 atom stereocenters. The molecule has 0 saturated carbocycles. The Morgan fingerprint density at radius 2 is 1.94 bits per heavy atom. The van der Waals surface area contributed by atoms with Gasteiger partial charge in [-0.3, -0.25) is 0 Å². The summed E-state index contributed by atoms with van der Waals surface area (Å²) in [7, 11) is 0. The highest BCUT2D eigenvalue weighted by molar-refractivity contribution is 7.99. The molecular weight excluding hydrogens is 230 g/mol. The van der Waals surface area contributed by atoms with Gasteiger partial charge >= 0.3 is 0 Å². The first-order valence-electron chi connectivity index (χ1n) is 6.20. The molecule has 17 heavy (non-hydrogen) atoms. The van der Waals surface area contributed by atoms with Crippen LogP contribution >= 0.6 is 11.8 Å². The highest BCUT2D eigenvalue weighted by atomic mass is 32.2. The molecule has 0 fully saturated rings. The fraction of sp³-hybridized carbons (Fsp3) is 0.571. The molecule has 0 spiro atoms. The molecule has 0 aromatic heterocycles. The van der Waals surface area contributed by atoms with Crippen LogP contribution in [-0.4, -0.2) is 18.1 Å². The molecule has 2 nitrogen and oxygen atoms in total. The topological polar surface area (TPSA) is 35.2 Å². The van der Waals surface area contributed by atoms with Crippen LogP contribution in [-0.2, 0) is 0 Å². The van der Waals surface area contributed by atoms with Gasteiger partial charge in [-0.1, -0.05) is 32.0 Å². The van der Waals surface area contributed by atoms with Crippen LogP contribution < -0.4 is 10.5 Å². The van der Waals surface area contributed by atoms with E-state index in [4.69, 9.17) is 10.5 Å². The first-order chi connectivity index (χ1) is 8.15. The van der Waals surface area contributed by atoms with E-state index in [0.29, 0.717) is 12.5 Å². The number of ether oxygens (including phenoxy) is 1. The van der Waals surface area contributed by atoms with E-state index in [-0.39, 0.29) is 6.04 Å². The molecular formula is C14H23NOS. The average Bonchev–Trinajstić information content (AvgIpc) is 2.29. The van der Waals surface area contributed by atoms with Crippen molar-refractivity contribution in [1.82, 2.24) is 0 Å². The molecule has 1 aromatic carbocycles. The fourth-order valence-electron chi connectivity index (χ4n) is 1.59. The Hall–Kier alpha value is -0.670. The molecule has 0 aliphatic carbocycles. The van der Waals surface area contributed by atoms with Crippen molar-refractivity contribution in [2.45, 2.75) is 26.8 Å². The van der Waals surface area contributed by atoms with Gasteiger partial charge in [0.15, 0.2) is 0 Å². The van der Waals surface area contributed by atoms with E-state index in [1.807, 2.05) is 36.9 Å². The lowest BCUT2D eigenvalue weighted by molar-refractivity contribution is 0.335. The minimum Gasteiger partial charge on any atom is -0.494 e. The Balaban J connectivity index is 2.58. The molecule has 0 aliphatic rings. The summed E-state index contributed by atoms with van der Waals surface area (Å²) in [5.41, 5.74) is 7.33. The minimum absolute atomic E-state index is 0.0569. The number of thioether (sulfide) groups is 1.